The first-order valence-corrected chi connectivity index (χ1v) is 6.07. The molecule has 1 heterocycles. The molecule has 0 aliphatic rings. The van der Waals surface area contributed by atoms with Crippen molar-refractivity contribution in [2.24, 2.45) is 0 Å². The fourth-order valence-electron chi connectivity index (χ4n) is 1.76. The molecular weight excluding hydrogens is 291 g/mol. The number of nitrogens with two attached hydrogens (primary N) is 1. The number of hydrogen-bond donors (Lipinski definition) is 1. The standard InChI is InChI=1S/C11H10Cl2N4O2/c1-6-10(17(18)19)11(14)16(15-6)5-7-4-8(12)2-3-9(7)13/h2-4H,5,14H2,1H3. The van der Waals surface area contributed by atoms with Crippen LogP contribution in [0.4, 0.5) is 11.5 Å². The van der Waals surface area contributed by atoms with Gasteiger partial charge in [0.2, 0.25) is 5.82 Å². The lowest BCUT2D eigenvalue weighted by Gasteiger charge is -2.06. The molecule has 100 valence electrons. The molecule has 2 aromatic rings. The molecule has 2 N–H and O–H groups in total. The molecule has 0 saturated carbocycles. The van der Waals surface area contributed by atoms with E-state index in [9.17, 15) is 10.1 Å². The third-order valence-corrected chi connectivity index (χ3v) is 3.25. The molecule has 0 aliphatic carbocycles. The number of anilines is 1. The van der Waals surface area contributed by atoms with Crippen molar-refractivity contribution in [3.8, 4) is 0 Å². The average Bonchev–Trinajstić information content (AvgIpc) is 2.59. The van der Waals surface area contributed by atoms with Gasteiger partial charge >= 0.3 is 5.69 Å². The van der Waals surface area contributed by atoms with Crippen LogP contribution in [-0.4, -0.2) is 14.7 Å². The molecule has 19 heavy (non-hydrogen) atoms. The van der Waals surface area contributed by atoms with Crippen LogP contribution in [0.15, 0.2) is 18.2 Å². The Labute approximate surface area is 118 Å². The molecule has 6 nitrogen and oxygen atoms in total. The van der Waals surface area contributed by atoms with E-state index in [1.165, 1.54) is 11.6 Å². The maximum Gasteiger partial charge on any atom is 0.333 e. The molecule has 8 heteroatoms. The summed E-state index contributed by atoms with van der Waals surface area (Å²) in [4.78, 5) is 10.3. The average molecular weight is 301 g/mol. The molecule has 0 saturated heterocycles. The highest BCUT2D eigenvalue weighted by atomic mass is 35.5. The zero-order valence-electron chi connectivity index (χ0n) is 9.93. The van der Waals surface area contributed by atoms with E-state index in [2.05, 4.69) is 5.10 Å². The molecule has 2 rings (SSSR count). The normalized spacial score (nSPS) is 10.7. The van der Waals surface area contributed by atoms with Gasteiger partial charge in [0.25, 0.3) is 0 Å². The zero-order chi connectivity index (χ0) is 14.2. The number of aromatic nitrogens is 2. The summed E-state index contributed by atoms with van der Waals surface area (Å²) < 4.78 is 1.34. The fraction of sp³-hybridized carbons (Fsp3) is 0.182. The van der Waals surface area contributed by atoms with Crippen molar-refractivity contribution in [2.75, 3.05) is 5.73 Å². The highest BCUT2D eigenvalue weighted by Crippen LogP contribution is 2.27. The first-order valence-electron chi connectivity index (χ1n) is 5.31. The van der Waals surface area contributed by atoms with Crippen LogP contribution in [0.2, 0.25) is 10.0 Å². The Morgan fingerprint density at radius 1 is 1.47 bits per heavy atom. The van der Waals surface area contributed by atoms with E-state index in [1.807, 2.05) is 0 Å². The molecule has 0 atom stereocenters. The van der Waals surface area contributed by atoms with Crippen molar-refractivity contribution in [3.63, 3.8) is 0 Å². The van der Waals surface area contributed by atoms with E-state index in [-0.39, 0.29) is 23.7 Å². The summed E-state index contributed by atoms with van der Waals surface area (Å²) in [5.41, 5.74) is 6.50. The summed E-state index contributed by atoms with van der Waals surface area (Å²) in [6, 6.07) is 4.99. The lowest BCUT2D eigenvalue weighted by molar-refractivity contribution is -0.384. The van der Waals surface area contributed by atoms with E-state index in [4.69, 9.17) is 28.9 Å². The van der Waals surface area contributed by atoms with Gasteiger partial charge in [0.1, 0.15) is 5.69 Å². The van der Waals surface area contributed by atoms with Crippen molar-refractivity contribution >= 4 is 34.7 Å². The van der Waals surface area contributed by atoms with Gasteiger partial charge in [-0.1, -0.05) is 23.2 Å². The van der Waals surface area contributed by atoms with Crippen molar-refractivity contribution in [2.45, 2.75) is 13.5 Å². The number of halogens is 2. The number of nitrogen functional groups attached to an aromatic ring is 1. The van der Waals surface area contributed by atoms with Crippen LogP contribution in [0.1, 0.15) is 11.3 Å². The topological polar surface area (TPSA) is 87.0 Å². The predicted octanol–water partition coefficient (Wildman–Crippen LogP) is 3.04. The third-order valence-electron chi connectivity index (χ3n) is 2.64. The van der Waals surface area contributed by atoms with E-state index < -0.39 is 4.92 Å². The number of benzene rings is 1. The van der Waals surface area contributed by atoms with Crippen LogP contribution >= 0.6 is 23.2 Å². The molecule has 0 spiro atoms. The molecule has 1 aromatic carbocycles. The van der Waals surface area contributed by atoms with E-state index >= 15 is 0 Å². The van der Waals surface area contributed by atoms with Gasteiger partial charge in [-0.15, -0.1) is 0 Å². The van der Waals surface area contributed by atoms with Gasteiger partial charge in [-0.25, -0.2) is 4.68 Å². The summed E-state index contributed by atoms with van der Waals surface area (Å²) in [7, 11) is 0. The summed E-state index contributed by atoms with van der Waals surface area (Å²) in [6.07, 6.45) is 0. The van der Waals surface area contributed by atoms with Crippen molar-refractivity contribution in [1.29, 1.82) is 0 Å². The second-order valence-electron chi connectivity index (χ2n) is 3.97. The number of aryl methyl sites for hydroxylation is 1. The highest BCUT2D eigenvalue weighted by molar-refractivity contribution is 6.33. The van der Waals surface area contributed by atoms with E-state index in [0.29, 0.717) is 15.6 Å². The van der Waals surface area contributed by atoms with Crippen LogP contribution in [0.25, 0.3) is 0 Å². The van der Waals surface area contributed by atoms with Crippen molar-refractivity contribution in [3.05, 3.63) is 49.6 Å². The second-order valence-corrected chi connectivity index (χ2v) is 4.81. The quantitative estimate of drug-likeness (QED) is 0.697. The van der Waals surface area contributed by atoms with Gasteiger partial charge in [0, 0.05) is 10.0 Å². The lowest BCUT2D eigenvalue weighted by atomic mass is 10.2. The number of nitrogens with zero attached hydrogens (tertiary/aromatic N) is 3. The molecule has 0 aliphatic heterocycles. The van der Waals surface area contributed by atoms with Gasteiger partial charge in [-0.05, 0) is 30.7 Å². The monoisotopic (exact) mass is 300 g/mol. The van der Waals surface area contributed by atoms with E-state index in [0.717, 1.165) is 0 Å². The van der Waals surface area contributed by atoms with Gasteiger partial charge < -0.3 is 5.73 Å². The predicted molar refractivity (Wildman–Crippen MR) is 73.6 cm³/mol. The molecule has 0 radical (unpaired) electrons. The number of rotatable bonds is 3. The summed E-state index contributed by atoms with van der Waals surface area (Å²) in [5, 5.41) is 15.9. The Kier molecular flexibility index (Phi) is 3.64. The van der Waals surface area contributed by atoms with E-state index in [1.54, 1.807) is 18.2 Å². The molecule has 0 unspecified atom stereocenters. The van der Waals surface area contributed by atoms with Gasteiger partial charge in [0.05, 0.1) is 11.5 Å². The molecular formula is C11H10Cl2N4O2. The zero-order valence-corrected chi connectivity index (χ0v) is 11.4. The SMILES string of the molecule is Cc1nn(Cc2cc(Cl)ccc2Cl)c(N)c1[N+](=O)[O-]. The number of nitro groups is 1. The minimum Gasteiger partial charge on any atom is -0.378 e. The highest BCUT2D eigenvalue weighted by Gasteiger charge is 2.23. The third kappa shape index (κ3) is 2.64. The summed E-state index contributed by atoms with van der Waals surface area (Å²) >= 11 is 11.9. The Morgan fingerprint density at radius 3 is 2.74 bits per heavy atom. The van der Waals surface area contributed by atoms with Crippen LogP contribution in [0.5, 0.6) is 0 Å². The maximum atomic E-state index is 10.9. The Morgan fingerprint density at radius 2 is 2.16 bits per heavy atom. The van der Waals surface area contributed by atoms with Gasteiger partial charge in [0.15, 0.2) is 0 Å². The smallest absolute Gasteiger partial charge is 0.333 e. The first-order chi connectivity index (χ1) is 8.90. The number of hydrogen-bond acceptors (Lipinski definition) is 4. The van der Waals surface area contributed by atoms with Crippen molar-refractivity contribution in [1.82, 2.24) is 9.78 Å². The van der Waals surface area contributed by atoms with Gasteiger partial charge in [-0.3, -0.25) is 10.1 Å². The van der Waals surface area contributed by atoms with Crippen LogP contribution in [-0.2, 0) is 6.54 Å². The largest absolute Gasteiger partial charge is 0.378 e. The summed E-state index contributed by atoms with van der Waals surface area (Å²) in [6.45, 7) is 1.75. The Hall–Kier alpha value is -1.79. The Bertz CT molecular complexity index is 654. The molecule has 0 amide bonds. The fourth-order valence-corrected chi connectivity index (χ4v) is 2.13. The van der Waals surface area contributed by atoms with Crippen LogP contribution < -0.4 is 5.73 Å². The second kappa shape index (κ2) is 5.07. The van der Waals surface area contributed by atoms with Crippen molar-refractivity contribution < 1.29 is 4.92 Å². The Balaban J connectivity index is 2.42. The van der Waals surface area contributed by atoms with Crippen LogP contribution in [0.3, 0.4) is 0 Å². The van der Waals surface area contributed by atoms with Gasteiger partial charge in [-0.2, -0.15) is 5.10 Å². The molecule has 0 bridgehead atoms. The molecule has 1 aromatic heterocycles. The summed E-state index contributed by atoms with van der Waals surface area (Å²) in [5.74, 6) is -0.00135. The maximum absolute atomic E-state index is 10.9. The minimum atomic E-state index is -0.548. The lowest BCUT2D eigenvalue weighted by Crippen LogP contribution is -2.07. The minimum absolute atomic E-state index is 0.00135. The first kappa shape index (κ1) is 13.6. The van der Waals surface area contributed by atoms with Crippen LogP contribution in [0, 0.1) is 17.0 Å². The molecule has 0 fully saturated rings.